The Morgan fingerprint density at radius 1 is 1.33 bits per heavy atom. The second-order valence-electron chi connectivity index (χ2n) is 3.44. The highest BCUT2D eigenvalue weighted by atomic mass is 16.6. The summed E-state index contributed by atoms with van der Waals surface area (Å²) >= 11 is 0. The van der Waals surface area contributed by atoms with Gasteiger partial charge in [-0.1, -0.05) is 13.3 Å². The van der Waals surface area contributed by atoms with E-state index >= 15 is 0 Å². The maximum absolute atomic E-state index is 5.73. The number of benzene rings is 1. The second kappa shape index (κ2) is 4.16. The summed E-state index contributed by atoms with van der Waals surface area (Å²) in [6, 6.07) is 3.71. The standard InChI is InChI=1S/C10H14N4O/c1-2-3-6-12-8-5-4-7(11)9-10(8)14-15-13-9/h4-5,12H,2-3,6,11H2,1H3. The molecule has 2 aromatic rings. The van der Waals surface area contributed by atoms with Crippen molar-refractivity contribution in [2.24, 2.45) is 0 Å². The van der Waals surface area contributed by atoms with E-state index < -0.39 is 0 Å². The Balaban J connectivity index is 2.27. The molecule has 0 atom stereocenters. The lowest BCUT2D eigenvalue weighted by Crippen LogP contribution is -2.01. The number of anilines is 2. The van der Waals surface area contributed by atoms with Crippen LogP contribution in [0.2, 0.25) is 0 Å². The molecule has 0 fully saturated rings. The summed E-state index contributed by atoms with van der Waals surface area (Å²) in [6.07, 6.45) is 2.28. The van der Waals surface area contributed by atoms with Gasteiger partial charge < -0.3 is 11.1 Å². The van der Waals surface area contributed by atoms with E-state index in [-0.39, 0.29) is 0 Å². The zero-order valence-electron chi connectivity index (χ0n) is 8.66. The third-order valence-corrected chi connectivity index (χ3v) is 2.29. The molecule has 5 heteroatoms. The molecule has 1 heterocycles. The van der Waals surface area contributed by atoms with Gasteiger partial charge in [0.15, 0.2) is 11.0 Å². The van der Waals surface area contributed by atoms with E-state index in [9.17, 15) is 0 Å². The molecule has 0 spiro atoms. The predicted molar refractivity (Wildman–Crippen MR) is 59.6 cm³/mol. The van der Waals surface area contributed by atoms with Crippen molar-refractivity contribution in [2.45, 2.75) is 19.8 Å². The fraction of sp³-hybridized carbons (Fsp3) is 0.400. The number of nitrogens with zero attached hydrogens (tertiary/aromatic N) is 2. The van der Waals surface area contributed by atoms with E-state index in [1.807, 2.05) is 6.07 Å². The van der Waals surface area contributed by atoms with Crippen molar-refractivity contribution >= 4 is 22.4 Å². The molecule has 0 aliphatic heterocycles. The first-order valence-electron chi connectivity index (χ1n) is 5.07. The van der Waals surface area contributed by atoms with Gasteiger partial charge in [0.05, 0.1) is 11.4 Å². The van der Waals surface area contributed by atoms with Crippen LogP contribution in [0.25, 0.3) is 11.0 Å². The number of fused-ring (bicyclic) bond motifs is 1. The Bertz CT molecular complexity index is 452. The van der Waals surface area contributed by atoms with Crippen molar-refractivity contribution in [3.05, 3.63) is 12.1 Å². The van der Waals surface area contributed by atoms with Crippen molar-refractivity contribution in [3.63, 3.8) is 0 Å². The highest BCUT2D eigenvalue weighted by Crippen LogP contribution is 2.24. The maximum Gasteiger partial charge on any atom is 0.160 e. The predicted octanol–water partition coefficient (Wildman–Crippen LogP) is 2.02. The number of nitrogen functional groups attached to an aromatic ring is 1. The van der Waals surface area contributed by atoms with Crippen LogP contribution in [0.4, 0.5) is 11.4 Å². The molecule has 80 valence electrons. The van der Waals surface area contributed by atoms with Gasteiger partial charge in [0.25, 0.3) is 0 Å². The summed E-state index contributed by atoms with van der Waals surface area (Å²) in [5.41, 5.74) is 8.57. The maximum atomic E-state index is 5.73. The molecule has 0 radical (unpaired) electrons. The molecule has 0 amide bonds. The third-order valence-electron chi connectivity index (χ3n) is 2.29. The Morgan fingerprint density at radius 2 is 2.13 bits per heavy atom. The summed E-state index contributed by atoms with van der Waals surface area (Å²) in [7, 11) is 0. The molecular weight excluding hydrogens is 192 g/mol. The Hall–Kier alpha value is -1.78. The SMILES string of the molecule is CCCCNc1ccc(N)c2nonc12. The highest BCUT2D eigenvalue weighted by molar-refractivity contribution is 5.94. The lowest BCUT2D eigenvalue weighted by atomic mass is 10.2. The second-order valence-corrected chi connectivity index (χ2v) is 3.44. The Labute approximate surface area is 87.6 Å². The van der Waals surface area contributed by atoms with Crippen LogP contribution in [0.1, 0.15) is 19.8 Å². The van der Waals surface area contributed by atoms with E-state index in [4.69, 9.17) is 5.73 Å². The van der Waals surface area contributed by atoms with Crippen molar-refractivity contribution in [3.8, 4) is 0 Å². The summed E-state index contributed by atoms with van der Waals surface area (Å²) in [6.45, 7) is 3.07. The van der Waals surface area contributed by atoms with Gasteiger partial charge in [0, 0.05) is 6.54 Å². The lowest BCUT2D eigenvalue weighted by molar-refractivity contribution is 0.316. The molecule has 15 heavy (non-hydrogen) atoms. The molecule has 5 nitrogen and oxygen atoms in total. The zero-order valence-corrected chi connectivity index (χ0v) is 8.66. The zero-order chi connectivity index (χ0) is 10.7. The highest BCUT2D eigenvalue weighted by Gasteiger charge is 2.08. The van der Waals surface area contributed by atoms with E-state index in [1.165, 1.54) is 0 Å². The quantitative estimate of drug-likeness (QED) is 0.591. The average molecular weight is 206 g/mol. The van der Waals surface area contributed by atoms with Crippen LogP contribution in [0.15, 0.2) is 16.8 Å². The number of hydrogen-bond acceptors (Lipinski definition) is 5. The molecule has 0 bridgehead atoms. The van der Waals surface area contributed by atoms with E-state index in [0.717, 1.165) is 25.1 Å². The van der Waals surface area contributed by atoms with E-state index in [1.54, 1.807) is 6.07 Å². The lowest BCUT2D eigenvalue weighted by Gasteiger charge is -2.05. The average Bonchev–Trinajstić information content (AvgIpc) is 2.71. The van der Waals surface area contributed by atoms with Gasteiger partial charge in [-0.15, -0.1) is 0 Å². The van der Waals surface area contributed by atoms with Crippen LogP contribution in [0, 0.1) is 0 Å². The molecule has 0 saturated carbocycles. The summed E-state index contributed by atoms with van der Waals surface area (Å²) < 4.78 is 4.67. The molecule has 0 unspecified atom stereocenters. The first-order chi connectivity index (χ1) is 7.33. The molecule has 0 aliphatic carbocycles. The van der Waals surface area contributed by atoms with Crippen LogP contribution in [-0.4, -0.2) is 16.9 Å². The normalized spacial score (nSPS) is 10.7. The largest absolute Gasteiger partial charge is 0.397 e. The molecule has 1 aromatic carbocycles. The monoisotopic (exact) mass is 206 g/mol. The molecule has 2 rings (SSSR count). The van der Waals surface area contributed by atoms with Crippen molar-refractivity contribution in [1.82, 2.24) is 10.3 Å². The van der Waals surface area contributed by atoms with Gasteiger partial charge in [-0.25, -0.2) is 4.63 Å². The van der Waals surface area contributed by atoms with Crippen molar-refractivity contribution in [1.29, 1.82) is 0 Å². The first kappa shape index (κ1) is 9.76. The van der Waals surface area contributed by atoms with Crippen molar-refractivity contribution in [2.75, 3.05) is 17.6 Å². The molecule has 0 saturated heterocycles. The number of hydrogen-bond donors (Lipinski definition) is 2. The van der Waals surface area contributed by atoms with Crippen LogP contribution in [0.3, 0.4) is 0 Å². The Kier molecular flexibility index (Phi) is 2.71. The first-order valence-corrected chi connectivity index (χ1v) is 5.07. The summed E-state index contributed by atoms with van der Waals surface area (Å²) in [5.74, 6) is 0. The molecule has 0 aliphatic rings. The van der Waals surface area contributed by atoms with Crippen LogP contribution in [0.5, 0.6) is 0 Å². The third kappa shape index (κ3) is 1.86. The minimum atomic E-state index is 0.590. The van der Waals surface area contributed by atoms with Crippen LogP contribution < -0.4 is 11.1 Å². The van der Waals surface area contributed by atoms with E-state index in [0.29, 0.717) is 16.7 Å². The number of unbranched alkanes of at least 4 members (excludes halogenated alkanes) is 1. The molecular formula is C10H14N4O. The van der Waals surface area contributed by atoms with Crippen LogP contribution >= 0.6 is 0 Å². The summed E-state index contributed by atoms with van der Waals surface area (Å²) in [4.78, 5) is 0. The minimum absolute atomic E-state index is 0.590. The van der Waals surface area contributed by atoms with Gasteiger partial charge in [-0.2, -0.15) is 0 Å². The Morgan fingerprint density at radius 3 is 2.93 bits per heavy atom. The summed E-state index contributed by atoms with van der Waals surface area (Å²) in [5, 5.41) is 10.9. The smallest absolute Gasteiger partial charge is 0.160 e. The molecule has 3 N–H and O–H groups in total. The van der Waals surface area contributed by atoms with Gasteiger partial charge in [-0.3, -0.25) is 0 Å². The van der Waals surface area contributed by atoms with E-state index in [2.05, 4.69) is 27.2 Å². The van der Waals surface area contributed by atoms with Crippen LogP contribution in [-0.2, 0) is 0 Å². The number of nitrogens with two attached hydrogens (primary N) is 1. The van der Waals surface area contributed by atoms with Gasteiger partial charge in [0.1, 0.15) is 0 Å². The molecule has 1 aromatic heterocycles. The number of nitrogens with one attached hydrogen (secondary N) is 1. The number of rotatable bonds is 4. The fourth-order valence-electron chi connectivity index (χ4n) is 1.43. The minimum Gasteiger partial charge on any atom is -0.397 e. The van der Waals surface area contributed by atoms with Gasteiger partial charge >= 0.3 is 0 Å². The van der Waals surface area contributed by atoms with Gasteiger partial charge in [-0.05, 0) is 28.9 Å². The van der Waals surface area contributed by atoms with Gasteiger partial charge in [0.2, 0.25) is 0 Å². The number of aromatic nitrogens is 2. The fourth-order valence-corrected chi connectivity index (χ4v) is 1.43. The van der Waals surface area contributed by atoms with Crippen molar-refractivity contribution < 1.29 is 4.63 Å². The topological polar surface area (TPSA) is 77.0 Å².